The van der Waals surface area contributed by atoms with Gasteiger partial charge in [-0.3, -0.25) is 0 Å². The highest BCUT2D eigenvalue weighted by Crippen LogP contribution is 2.28. The zero-order valence-electron chi connectivity index (χ0n) is 16.4. The van der Waals surface area contributed by atoms with Crippen LogP contribution in [0.25, 0.3) is 0 Å². The third-order valence-corrected chi connectivity index (χ3v) is 6.57. The second-order valence-electron chi connectivity index (χ2n) is 8.48. The van der Waals surface area contributed by atoms with Crippen LogP contribution >= 0.6 is 0 Å². The fourth-order valence-corrected chi connectivity index (χ4v) is 4.89. The number of nitrogens with zero attached hydrogens (tertiary/aromatic N) is 1. The fourth-order valence-electron chi connectivity index (χ4n) is 4.89. The number of methoxy groups -OCH3 is 1. The Morgan fingerprint density at radius 1 is 0.920 bits per heavy atom. The van der Waals surface area contributed by atoms with Crippen molar-refractivity contribution in [1.82, 2.24) is 10.2 Å². The lowest BCUT2D eigenvalue weighted by Gasteiger charge is -2.23. The van der Waals surface area contributed by atoms with Gasteiger partial charge < -0.3 is 24.4 Å². The maximum absolute atomic E-state index is 6.26. The summed E-state index contributed by atoms with van der Waals surface area (Å²) in [6.07, 6.45) is 7.36. The molecule has 2 saturated heterocycles. The van der Waals surface area contributed by atoms with Crippen LogP contribution in [0, 0.1) is 17.8 Å². The first-order valence-corrected chi connectivity index (χ1v) is 10.3. The van der Waals surface area contributed by atoms with E-state index in [1.54, 1.807) is 0 Å². The van der Waals surface area contributed by atoms with E-state index in [9.17, 15) is 0 Å². The monoisotopic (exact) mass is 354 g/mol. The van der Waals surface area contributed by atoms with Crippen LogP contribution < -0.4 is 5.32 Å². The van der Waals surface area contributed by atoms with Gasteiger partial charge in [0.05, 0.1) is 18.3 Å². The summed E-state index contributed by atoms with van der Waals surface area (Å²) < 4.78 is 18.0. The van der Waals surface area contributed by atoms with Crippen molar-refractivity contribution in [3.8, 4) is 0 Å². The molecule has 0 bridgehead atoms. The van der Waals surface area contributed by atoms with Gasteiger partial charge in [0, 0.05) is 58.3 Å². The summed E-state index contributed by atoms with van der Waals surface area (Å²) in [6.45, 7) is 8.30. The molecule has 2 unspecified atom stereocenters. The smallest absolute Gasteiger partial charge is 0.0740 e. The van der Waals surface area contributed by atoms with Gasteiger partial charge in [0.1, 0.15) is 0 Å². The Morgan fingerprint density at radius 3 is 2.40 bits per heavy atom. The first-order valence-electron chi connectivity index (χ1n) is 10.3. The summed E-state index contributed by atoms with van der Waals surface area (Å²) >= 11 is 0. The maximum atomic E-state index is 6.26. The van der Waals surface area contributed by atoms with Crippen molar-refractivity contribution in [1.29, 1.82) is 0 Å². The van der Waals surface area contributed by atoms with Gasteiger partial charge in [0.2, 0.25) is 0 Å². The quantitative estimate of drug-likeness (QED) is 0.687. The van der Waals surface area contributed by atoms with Gasteiger partial charge in [0.15, 0.2) is 0 Å². The average Bonchev–Trinajstić information content (AvgIpc) is 3.29. The average molecular weight is 355 g/mol. The lowest BCUT2D eigenvalue weighted by atomic mass is 10.0. The Balaban J connectivity index is 1.33. The van der Waals surface area contributed by atoms with Gasteiger partial charge in [-0.2, -0.15) is 0 Å². The van der Waals surface area contributed by atoms with Gasteiger partial charge in [-0.05, 0) is 38.6 Å². The molecule has 2 aliphatic heterocycles. The number of ether oxygens (including phenoxy) is 3. The van der Waals surface area contributed by atoms with Crippen molar-refractivity contribution in [3.05, 3.63) is 0 Å². The van der Waals surface area contributed by atoms with Crippen LogP contribution in [-0.2, 0) is 14.2 Å². The molecule has 2 heterocycles. The van der Waals surface area contributed by atoms with Crippen molar-refractivity contribution in [3.63, 3.8) is 0 Å². The van der Waals surface area contributed by atoms with Crippen molar-refractivity contribution in [2.45, 2.75) is 57.3 Å². The summed E-state index contributed by atoms with van der Waals surface area (Å²) in [5.74, 6) is 1.95. The van der Waals surface area contributed by atoms with Crippen LogP contribution in [-0.4, -0.2) is 76.8 Å². The van der Waals surface area contributed by atoms with E-state index in [0.29, 0.717) is 30.1 Å². The zero-order valence-corrected chi connectivity index (χ0v) is 16.4. The fraction of sp³-hybridized carbons (Fsp3) is 1.00. The van der Waals surface area contributed by atoms with Gasteiger partial charge in [0.25, 0.3) is 0 Å². The topological polar surface area (TPSA) is 43.0 Å². The van der Waals surface area contributed by atoms with E-state index in [-0.39, 0.29) is 0 Å². The predicted octanol–water partition coefficient (Wildman–Crippen LogP) is 2.15. The third-order valence-electron chi connectivity index (χ3n) is 6.57. The molecule has 1 saturated carbocycles. The molecule has 5 nitrogen and oxygen atoms in total. The van der Waals surface area contributed by atoms with Crippen LogP contribution in [0.3, 0.4) is 0 Å². The van der Waals surface area contributed by atoms with Crippen LogP contribution in [0.5, 0.6) is 0 Å². The van der Waals surface area contributed by atoms with E-state index in [1.807, 2.05) is 7.11 Å². The van der Waals surface area contributed by atoms with Crippen molar-refractivity contribution < 1.29 is 14.2 Å². The normalized spacial score (nSPS) is 39.5. The molecule has 3 rings (SSSR count). The Labute approximate surface area is 153 Å². The lowest BCUT2D eigenvalue weighted by molar-refractivity contribution is -0.00774. The molecular formula is C20H38N2O3. The van der Waals surface area contributed by atoms with Crippen LogP contribution in [0.1, 0.15) is 39.0 Å². The molecule has 0 spiro atoms. The third kappa shape index (κ3) is 5.39. The summed E-state index contributed by atoms with van der Waals surface area (Å²) in [7, 11) is 4.01. The van der Waals surface area contributed by atoms with E-state index >= 15 is 0 Å². The molecule has 1 N–H and O–H groups in total. The number of hydrogen-bond donors (Lipinski definition) is 1. The number of hydrogen-bond acceptors (Lipinski definition) is 5. The number of likely N-dealkylation sites (tertiary alicyclic amines) is 1. The van der Waals surface area contributed by atoms with Crippen molar-refractivity contribution >= 4 is 0 Å². The Kier molecular flexibility index (Phi) is 7.55. The van der Waals surface area contributed by atoms with E-state index in [1.165, 1.54) is 19.3 Å². The minimum atomic E-state index is 0.352. The molecule has 0 aromatic carbocycles. The zero-order chi connectivity index (χ0) is 17.6. The molecule has 146 valence electrons. The Morgan fingerprint density at radius 2 is 1.68 bits per heavy atom. The highest BCUT2D eigenvalue weighted by Gasteiger charge is 2.32. The van der Waals surface area contributed by atoms with Crippen LogP contribution in [0.15, 0.2) is 0 Å². The predicted molar refractivity (Wildman–Crippen MR) is 99.9 cm³/mol. The SMILES string of the molecule is CO[C@H]1CN(C)C[C@H]1CCO[C@H]1CNCC1CCO[C@H]1CCCC1C. The summed E-state index contributed by atoms with van der Waals surface area (Å²) in [4.78, 5) is 2.36. The highest BCUT2D eigenvalue weighted by molar-refractivity contribution is 4.85. The number of likely N-dealkylation sites (N-methyl/N-ethyl adjacent to an activating group) is 1. The van der Waals surface area contributed by atoms with Crippen molar-refractivity contribution in [2.75, 3.05) is 53.6 Å². The molecule has 0 radical (unpaired) electrons. The highest BCUT2D eigenvalue weighted by atomic mass is 16.5. The lowest BCUT2D eigenvalue weighted by Crippen LogP contribution is -2.28. The first kappa shape index (κ1) is 19.6. The van der Waals surface area contributed by atoms with E-state index in [2.05, 4.69) is 24.2 Å². The molecule has 6 atom stereocenters. The Bertz CT molecular complexity index is 395. The standard InChI is InChI=1S/C20H38N2O3/c1-15-5-4-6-18(15)24-9-7-16-11-21-12-19(16)25-10-8-17-13-22(2)14-20(17)23-3/h15-21H,4-14H2,1-3H3/t15?,16?,17-,18+,19+,20+/m1/s1. The molecule has 0 amide bonds. The second-order valence-corrected chi connectivity index (χ2v) is 8.48. The van der Waals surface area contributed by atoms with Crippen molar-refractivity contribution in [2.24, 2.45) is 17.8 Å². The molecule has 1 aliphatic carbocycles. The van der Waals surface area contributed by atoms with E-state index in [4.69, 9.17) is 14.2 Å². The summed E-state index contributed by atoms with van der Waals surface area (Å²) in [6, 6.07) is 0. The number of nitrogens with one attached hydrogen (secondary N) is 1. The van der Waals surface area contributed by atoms with Crippen LogP contribution in [0.4, 0.5) is 0 Å². The van der Waals surface area contributed by atoms with E-state index < -0.39 is 0 Å². The minimum absolute atomic E-state index is 0.352. The molecular weight excluding hydrogens is 316 g/mol. The van der Waals surface area contributed by atoms with Gasteiger partial charge in [-0.25, -0.2) is 0 Å². The summed E-state index contributed by atoms with van der Waals surface area (Å²) in [5, 5.41) is 3.50. The molecule has 3 fully saturated rings. The molecule has 25 heavy (non-hydrogen) atoms. The minimum Gasteiger partial charge on any atom is -0.380 e. The Hall–Kier alpha value is -0.200. The summed E-state index contributed by atoms with van der Waals surface area (Å²) in [5.41, 5.74) is 0. The number of rotatable bonds is 9. The molecule has 0 aromatic rings. The van der Waals surface area contributed by atoms with Crippen LogP contribution in [0.2, 0.25) is 0 Å². The first-order chi connectivity index (χ1) is 12.2. The molecule has 0 aromatic heterocycles. The maximum Gasteiger partial charge on any atom is 0.0740 e. The van der Waals surface area contributed by atoms with E-state index in [0.717, 1.165) is 58.2 Å². The molecule has 5 heteroatoms. The largest absolute Gasteiger partial charge is 0.380 e. The second kappa shape index (κ2) is 9.65. The molecule has 3 aliphatic rings. The van der Waals surface area contributed by atoms with Gasteiger partial charge in [-0.15, -0.1) is 0 Å². The van der Waals surface area contributed by atoms with Gasteiger partial charge >= 0.3 is 0 Å². The van der Waals surface area contributed by atoms with Gasteiger partial charge in [-0.1, -0.05) is 13.3 Å².